The molecule has 164 valence electrons. The Hall–Kier alpha value is -3.89. The van der Waals surface area contributed by atoms with Crippen LogP contribution in [0.3, 0.4) is 0 Å². The van der Waals surface area contributed by atoms with E-state index in [0.717, 1.165) is 0 Å². The molecule has 2 aromatic carbocycles. The van der Waals surface area contributed by atoms with Crippen LogP contribution in [0.15, 0.2) is 59.9 Å². The van der Waals surface area contributed by atoms with E-state index in [1.54, 1.807) is 42.6 Å². The molecule has 0 saturated heterocycles. The smallest absolute Gasteiger partial charge is 0.252 e. The summed E-state index contributed by atoms with van der Waals surface area (Å²) in [5.41, 5.74) is 17.7. The number of thiocarbonyl (C=S) groups is 1. The number of carbonyl (C=O) groups is 1. The number of hydrogen-bond acceptors (Lipinski definition) is 6. The van der Waals surface area contributed by atoms with Crippen LogP contribution in [0.2, 0.25) is 5.02 Å². The van der Waals surface area contributed by atoms with E-state index in [4.69, 9.17) is 50.5 Å². The van der Waals surface area contributed by atoms with Crippen molar-refractivity contribution in [1.29, 1.82) is 0 Å². The Kier molecular flexibility index (Phi) is 7.08. The maximum absolute atomic E-state index is 11.8. The van der Waals surface area contributed by atoms with Crippen LogP contribution in [0, 0.1) is 0 Å². The second-order valence-electron chi connectivity index (χ2n) is 6.31. The van der Waals surface area contributed by atoms with Gasteiger partial charge in [-0.1, -0.05) is 11.6 Å². The van der Waals surface area contributed by atoms with E-state index in [1.807, 2.05) is 0 Å². The molecule has 11 heteroatoms. The van der Waals surface area contributed by atoms with E-state index < -0.39 is 5.91 Å². The number of primary amides is 1. The fourth-order valence-corrected chi connectivity index (χ4v) is 3.22. The van der Waals surface area contributed by atoms with Gasteiger partial charge in [-0.3, -0.25) is 9.78 Å². The molecule has 3 rings (SSSR count). The Morgan fingerprint density at radius 2 is 2.00 bits per heavy atom. The second-order valence-corrected chi connectivity index (χ2v) is 7.11. The highest BCUT2D eigenvalue weighted by atomic mass is 35.5. The number of halogens is 1. The minimum atomic E-state index is -0.627. The number of nitrogens with one attached hydrogen (secondary N) is 1. The van der Waals surface area contributed by atoms with Gasteiger partial charge in [0.1, 0.15) is 23.1 Å². The van der Waals surface area contributed by atoms with Crippen LogP contribution in [0.1, 0.15) is 10.4 Å². The van der Waals surface area contributed by atoms with Crippen LogP contribution in [-0.2, 0) is 0 Å². The van der Waals surface area contributed by atoms with Gasteiger partial charge in [-0.2, -0.15) is 0 Å². The van der Waals surface area contributed by atoms with Gasteiger partial charge in [-0.05, 0) is 48.8 Å². The first-order valence-electron chi connectivity index (χ1n) is 9.09. The number of nitrogens with zero attached hydrogens (tertiary/aromatic N) is 2. The number of ether oxygens (including phenoxy) is 2. The van der Waals surface area contributed by atoms with Crippen molar-refractivity contribution in [2.75, 3.05) is 12.4 Å². The van der Waals surface area contributed by atoms with Gasteiger partial charge in [0.25, 0.3) is 5.91 Å². The zero-order valence-corrected chi connectivity index (χ0v) is 18.4. The molecule has 0 atom stereocenters. The first kappa shape index (κ1) is 22.8. The number of fused-ring (bicyclic) bond motifs is 1. The number of amides is 1. The predicted octanol–water partition coefficient (Wildman–Crippen LogP) is 3.31. The van der Waals surface area contributed by atoms with E-state index in [9.17, 15) is 4.79 Å². The molecule has 3 aromatic rings. The summed E-state index contributed by atoms with van der Waals surface area (Å²) >= 11 is 11.5. The van der Waals surface area contributed by atoms with Crippen LogP contribution in [-0.4, -0.2) is 28.9 Å². The lowest BCUT2D eigenvalue weighted by atomic mass is 10.1. The fourth-order valence-electron chi connectivity index (χ4n) is 2.78. The molecule has 0 aliphatic heterocycles. The summed E-state index contributed by atoms with van der Waals surface area (Å²) in [7, 11) is 1.45. The number of hydrogen-bond donors (Lipinski definition) is 4. The van der Waals surface area contributed by atoms with Crippen molar-refractivity contribution in [3.63, 3.8) is 0 Å². The Labute approximate surface area is 193 Å². The molecule has 0 spiro atoms. The number of aromatic nitrogens is 1. The molecule has 0 radical (unpaired) electrons. The van der Waals surface area contributed by atoms with Crippen LogP contribution < -0.4 is 32.0 Å². The van der Waals surface area contributed by atoms with Crippen molar-refractivity contribution < 1.29 is 14.3 Å². The third kappa shape index (κ3) is 5.23. The highest BCUT2D eigenvalue weighted by Crippen LogP contribution is 2.35. The molecule has 0 aliphatic carbocycles. The Balaban J connectivity index is 1.88. The van der Waals surface area contributed by atoms with Gasteiger partial charge >= 0.3 is 0 Å². The van der Waals surface area contributed by atoms with E-state index in [-0.39, 0.29) is 16.5 Å². The molecular weight excluding hydrogens is 452 g/mol. The van der Waals surface area contributed by atoms with E-state index in [2.05, 4.69) is 15.3 Å². The zero-order chi connectivity index (χ0) is 23.3. The number of benzene rings is 2. The first-order chi connectivity index (χ1) is 15.3. The lowest BCUT2D eigenvalue weighted by Gasteiger charge is -2.13. The van der Waals surface area contributed by atoms with Crippen LogP contribution in [0.25, 0.3) is 10.9 Å². The number of methoxy groups -OCH3 is 1. The number of carbonyl (C=O) groups excluding carboxylic acids is 1. The normalized spacial score (nSPS) is 11.5. The van der Waals surface area contributed by atoms with Gasteiger partial charge in [0.15, 0.2) is 5.11 Å². The van der Waals surface area contributed by atoms with Gasteiger partial charge in [-0.25, -0.2) is 4.99 Å². The summed E-state index contributed by atoms with van der Waals surface area (Å²) < 4.78 is 11.2. The standard InChI is InChI=1S/C21H19ClN6O3S/c1-30-18-10-16-12(9-13(18)20(25)29)17(5-7-26-16)31-11-2-3-15(14(22)8-11)27-21(32)28-19(24)4-6-23/h2-10H,23H2,1H3,(H2,25,29)(H3,24,27,28,32)/b6-4-. The van der Waals surface area contributed by atoms with Gasteiger partial charge in [0.2, 0.25) is 0 Å². The van der Waals surface area contributed by atoms with Crippen molar-refractivity contribution in [3.8, 4) is 17.2 Å². The maximum atomic E-state index is 11.8. The molecule has 9 nitrogen and oxygen atoms in total. The molecular formula is C21H19ClN6O3S. The molecule has 0 aliphatic rings. The fraction of sp³-hybridized carbons (Fsp3) is 0.0476. The zero-order valence-electron chi connectivity index (χ0n) is 16.8. The van der Waals surface area contributed by atoms with E-state index in [0.29, 0.717) is 38.9 Å². The molecule has 1 aromatic heterocycles. The largest absolute Gasteiger partial charge is 0.496 e. The van der Waals surface area contributed by atoms with Gasteiger partial charge < -0.3 is 32.0 Å². The molecule has 32 heavy (non-hydrogen) atoms. The lowest BCUT2D eigenvalue weighted by molar-refractivity contribution is 0.0997. The summed E-state index contributed by atoms with van der Waals surface area (Å²) in [6.45, 7) is 0. The molecule has 7 N–H and O–H groups in total. The molecule has 0 bridgehead atoms. The number of anilines is 1. The number of aliphatic imine (C=N–C) groups is 1. The third-order valence-electron chi connectivity index (χ3n) is 4.20. The number of amidine groups is 1. The molecule has 0 saturated carbocycles. The monoisotopic (exact) mass is 470 g/mol. The second kappa shape index (κ2) is 9.94. The minimum absolute atomic E-state index is 0.115. The first-order valence-corrected chi connectivity index (χ1v) is 9.88. The quantitative estimate of drug-likeness (QED) is 0.243. The molecule has 1 heterocycles. The maximum Gasteiger partial charge on any atom is 0.252 e. The number of nitrogens with two attached hydrogens (primary N) is 3. The summed E-state index contributed by atoms with van der Waals surface area (Å²) in [5.74, 6) is 0.757. The van der Waals surface area contributed by atoms with Gasteiger partial charge in [0, 0.05) is 23.7 Å². The van der Waals surface area contributed by atoms with Crippen LogP contribution in [0.5, 0.6) is 17.2 Å². The average Bonchev–Trinajstić information content (AvgIpc) is 2.75. The summed E-state index contributed by atoms with van der Waals surface area (Å²) in [4.78, 5) is 20.0. The SMILES string of the molecule is COc1cc2nccc(Oc3ccc(NC(=S)N=C(N)/C=C\N)c(Cl)c3)c2cc1C(N)=O. The Morgan fingerprint density at radius 3 is 2.66 bits per heavy atom. The molecule has 1 amide bonds. The van der Waals surface area contributed by atoms with Gasteiger partial charge in [-0.15, -0.1) is 0 Å². The average molecular weight is 471 g/mol. The highest BCUT2D eigenvalue weighted by molar-refractivity contribution is 7.80. The van der Waals surface area contributed by atoms with Crippen molar-refractivity contribution in [1.82, 2.24) is 4.98 Å². The van der Waals surface area contributed by atoms with Crippen molar-refractivity contribution in [2.24, 2.45) is 22.2 Å². The predicted molar refractivity (Wildman–Crippen MR) is 130 cm³/mol. The van der Waals surface area contributed by atoms with Crippen molar-refractivity contribution in [3.05, 3.63) is 65.5 Å². The number of pyridine rings is 1. The highest BCUT2D eigenvalue weighted by Gasteiger charge is 2.15. The van der Waals surface area contributed by atoms with Gasteiger partial charge in [0.05, 0.1) is 28.9 Å². The molecule has 0 fully saturated rings. The Bertz CT molecular complexity index is 1260. The van der Waals surface area contributed by atoms with Crippen molar-refractivity contribution in [2.45, 2.75) is 0 Å². The van der Waals surface area contributed by atoms with Crippen LogP contribution in [0.4, 0.5) is 5.69 Å². The van der Waals surface area contributed by atoms with Crippen molar-refractivity contribution >= 4 is 57.3 Å². The molecule has 0 unspecified atom stereocenters. The number of rotatable bonds is 6. The minimum Gasteiger partial charge on any atom is -0.496 e. The summed E-state index contributed by atoms with van der Waals surface area (Å²) in [6.07, 6.45) is 4.24. The summed E-state index contributed by atoms with van der Waals surface area (Å²) in [5, 5.41) is 3.92. The third-order valence-corrected chi connectivity index (χ3v) is 4.70. The topological polar surface area (TPSA) is 151 Å². The summed E-state index contributed by atoms with van der Waals surface area (Å²) in [6, 6.07) is 9.83. The van der Waals surface area contributed by atoms with E-state index in [1.165, 1.54) is 19.4 Å². The van der Waals surface area contributed by atoms with E-state index >= 15 is 0 Å². The Morgan fingerprint density at radius 1 is 1.22 bits per heavy atom. The lowest BCUT2D eigenvalue weighted by Crippen LogP contribution is -2.15. The van der Waals surface area contributed by atoms with Crippen LogP contribution >= 0.6 is 23.8 Å².